The van der Waals surface area contributed by atoms with Crippen molar-refractivity contribution in [2.24, 2.45) is 0 Å². The van der Waals surface area contributed by atoms with E-state index in [1.165, 1.54) is 22.7 Å². The Morgan fingerprint density at radius 2 is 1.94 bits per heavy atom. The van der Waals surface area contributed by atoms with Crippen LogP contribution in [0.4, 0.5) is 15.9 Å². The number of anilines is 2. The molecule has 0 fully saturated rings. The summed E-state index contributed by atoms with van der Waals surface area (Å²) in [6.45, 7) is 3.89. The summed E-state index contributed by atoms with van der Waals surface area (Å²) >= 11 is 12.3. The summed E-state index contributed by atoms with van der Waals surface area (Å²) in [4.78, 5) is 18.7. The van der Waals surface area contributed by atoms with E-state index in [4.69, 9.17) is 27.9 Å². The van der Waals surface area contributed by atoms with Gasteiger partial charge in [-0.3, -0.25) is 0 Å². The molecular formula is C23H19Cl2FN4O2. The van der Waals surface area contributed by atoms with Gasteiger partial charge in [-0.2, -0.15) is 9.61 Å². The summed E-state index contributed by atoms with van der Waals surface area (Å²) < 4.78 is 20.8. The van der Waals surface area contributed by atoms with Gasteiger partial charge in [0.2, 0.25) is 0 Å². The Bertz CT molecular complexity index is 1320. The van der Waals surface area contributed by atoms with Crippen molar-refractivity contribution in [3.63, 3.8) is 0 Å². The van der Waals surface area contributed by atoms with E-state index in [0.29, 0.717) is 27.7 Å². The number of nitrogens with zero attached hydrogens (tertiary/aromatic N) is 4. The standard InChI is InChI=1S/C23H19Cl2FN4O2/c1-4-32-23(31)19-11-20-27-18(14-8-9-15(24)17(26)10-14)12-21(30(20)28-19)29(3)22-13(2)6-5-7-16(22)25/h5-12H,4H2,1-3H3. The lowest BCUT2D eigenvalue weighted by molar-refractivity contribution is 0.0519. The number of hydrogen-bond acceptors (Lipinski definition) is 5. The molecule has 0 N–H and O–H groups in total. The quantitative estimate of drug-likeness (QED) is 0.328. The van der Waals surface area contributed by atoms with Gasteiger partial charge in [-0.05, 0) is 37.6 Å². The van der Waals surface area contributed by atoms with E-state index in [2.05, 4.69) is 10.1 Å². The molecule has 164 valence electrons. The maximum Gasteiger partial charge on any atom is 0.358 e. The Labute approximate surface area is 194 Å². The minimum Gasteiger partial charge on any atom is -0.461 e. The van der Waals surface area contributed by atoms with Gasteiger partial charge in [0.1, 0.15) is 11.6 Å². The minimum absolute atomic E-state index is 0.0211. The molecule has 0 aliphatic rings. The SMILES string of the molecule is CCOC(=O)c1cc2nc(-c3ccc(Cl)c(F)c3)cc(N(C)c3c(C)cccc3Cl)n2n1. The number of para-hydroxylation sites is 1. The van der Waals surface area contributed by atoms with Crippen molar-refractivity contribution in [3.8, 4) is 11.3 Å². The molecule has 9 heteroatoms. The highest BCUT2D eigenvalue weighted by molar-refractivity contribution is 6.33. The fourth-order valence-electron chi connectivity index (χ4n) is 3.47. The molecule has 0 aliphatic carbocycles. The highest BCUT2D eigenvalue weighted by Gasteiger charge is 2.20. The maximum atomic E-state index is 14.1. The third kappa shape index (κ3) is 4.01. The van der Waals surface area contributed by atoms with Gasteiger partial charge < -0.3 is 9.64 Å². The van der Waals surface area contributed by atoms with E-state index in [-0.39, 0.29) is 17.3 Å². The van der Waals surface area contributed by atoms with Crippen molar-refractivity contribution in [3.05, 3.63) is 75.7 Å². The van der Waals surface area contributed by atoms with Gasteiger partial charge in [-0.15, -0.1) is 0 Å². The molecule has 0 unspecified atom stereocenters. The summed E-state index contributed by atoms with van der Waals surface area (Å²) in [5.74, 6) is -0.532. The van der Waals surface area contributed by atoms with Crippen LogP contribution in [-0.4, -0.2) is 34.2 Å². The number of ether oxygens (including phenoxy) is 1. The third-order valence-electron chi connectivity index (χ3n) is 4.98. The topological polar surface area (TPSA) is 59.7 Å². The van der Waals surface area contributed by atoms with E-state index in [9.17, 15) is 9.18 Å². The fraction of sp³-hybridized carbons (Fsp3) is 0.174. The predicted molar refractivity (Wildman–Crippen MR) is 124 cm³/mol. The number of fused-ring (bicyclic) bond motifs is 1. The highest BCUT2D eigenvalue weighted by atomic mass is 35.5. The largest absolute Gasteiger partial charge is 0.461 e. The summed E-state index contributed by atoms with van der Waals surface area (Å²) in [7, 11) is 1.83. The second kappa shape index (κ2) is 8.76. The van der Waals surface area contributed by atoms with Crippen LogP contribution in [0.2, 0.25) is 10.0 Å². The lowest BCUT2D eigenvalue weighted by Crippen LogP contribution is -2.16. The summed E-state index contributed by atoms with van der Waals surface area (Å²) in [5, 5.41) is 4.97. The van der Waals surface area contributed by atoms with Crippen LogP contribution in [0.3, 0.4) is 0 Å². The lowest BCUT2D eigenvalue weighted by atomic mass is 10.1. The number of carbonyl (C=O) groups excluding carboxylic acids is 1. The number of benzene rings is 2. The van der Waals surface area contributed by atoms with Crippen LogP contribution in [0.15, 0.2) is 48.5 Å². The van der Waals surface area contributed by atoms with E-state index in [1.807, 2.05) is 31.0 Å². The average Bonchev–Trinajstić information content (AvgIpc) is 3.19. The Morgan fingerprint density at radius 3 is 2.62 bits per heavy atom. The summed E-state index contributed by atoms with van der Waals surface area (Å²) in [6.07, 6.45) is 0. The first kappa shape index (κ1) is 22.0. The predicted octanol–water partition coefficient (Wildman–Crippen LogP) is 6.10. The van der Waals surface area contributed by atoms with Crippen LogP contribution in [0.1, 0.15) is 23.0 Å². The first-order valence-electron chi connectivity index (χ1n) is 9.82. The molecule has 0 bridgehead atoms. The molecule has 4 aromatic rings. The van der Waals surface area contributed by atoms with E-state index in [1.54, 1.807) is 25.1 Å². The van der Waals surface area contributed by atoms with Crippen molar-refractivity contribution in [1.29, 1.82) is 0 Å². The molecule has 0 saturated carbocycles. The number of aryl methyl sites for hydroxylation is 1. The van der Waals surface area contributed by atoms with Crippen molar-refractivity contribution < 1.29 is 13.9 Å². The molecule has 0 radical (unpaired) electrons. The van der Waals surface area contributed by atoms with Crippen LogP contribution in [0, 0.1) is 12.7 Å². The van der Waals surface area contributed by atoms with Gasteiger partial charge in [0.05, 0.1) is 28.0 Å². The molecule has 0 aliphatic heterocycles. The molecular weight excluding hydrogens is 454 g/mol. The zero-order chi connectivity index (χ0) is 23.0. The monoisotopic (exact) mass is 472 g/mol. The molecule has 0 saturated heterocycles. The highest BCUT2D eigenvalue weighted by Crippen LogP contribution is 2.35. The Morgan fingerprint density at radius 1 is 1.16 bits per heavy atom. The zero-order valence-corrected chi connectivity index (χ0v) is 19.1. The zero-order valence-electron chi connectivity index (χ0n) is 17.6. The molecule has 2 aromatic heterocycles. The van der Waals surface area contributed by atoms with Gasteiger partial charge >= 0.3 is 5.97 Å². The van der Waals surface area contributed by atoms with Gasteiger partial charge in [-0.1, -0.05) is 41.4 Å². The molecule has 2 heterocycles. The second-order valence-corrected chi connectivity index (χ2v) is 7.93. The number of aromatic nitrogens is 3. The maximum absolute atomic E-state index is 14.1. The smallest absolute Gasteiger partial charge is 0.358 e. The molecule has 32 heavy (non-hydrogen) atoms. The number of carbonyl (C=O) groups is 1. The third-order valence-corrected chi connectivity index (χ3v) is 5.59. The molecule has 6 nitrogen and oxygen atoms in total. The molecule has 0 amide bonds. The summed E-state index contributed by atoms with van der Waals surface area (Å²) in [6, 6.07) is 13.3. The number of halogens is 3. The van der Waals surface area contributed by atoms with Crippen LogP contribution in [0.5, 0.6) is 0 Å². The molecule has 4 rings (SSSR count). The molecule has 2 aromatic carbocycles. The van der Waals surface area contributed by atoms with Crippen LogP contribution in [-0.2, 0) is 4.74 Å². The molecule has 0 spiro atoms. The summed E-state index contributed by atoms with van der Waals surface area (Å²) in [5.41, 5.74) is 3.23. The van der Waals surface area contributed by atoms with Crippen molar-refractivity contribution in [2.75, 3.05) is 18.6 Å². The van der Waals surface area contributed by atoms with Gasteiger partial charge in [0, 0.05) is 24.7 Å². The van der Waals surface area contributed by atoms with Crippen molar-refractivity contribution in [2.45, 2.75) is 13.8 Å². The van der Waals surface area contributed by atoms with E-state index < -0.39 is 11.8 Å². The number of esters is 1. The van der Waals surface area contributed by atoms with Crippen molar-refractivity contribution >= 4 is 46.3 Å². The van der Waals surface area contributed by atoms with E-state index >= 15 is 0 Å². The fourth-order valence-corrected chi connectivity index (χ4v) is 3.93. The second-order valence-electron chi connectivity index (χ2n) is 7.11. The Balaban J connectivity index is 1.95. The lowest BCUT2D eigenvalue weighted by Gasteiger charge is -2.24. The van der Waals surface area contributed by atoms with Gasteiger partial charge in [0.15, 0.2) is 11.3 Å². The van der Waals surface area contributed by atoms with Gasteiger partial charge in [0.25, 0.3) is 0 Å². The van der Waals surface area contributed by atoms with Gasteiger partial charge in [-0.25, -0.2) is 14.2 Å². The van der Waals surface area contributed by atoms with E-state index in [0.717, 1.165) is 11.3 Å². The average molecular weight is 473 g/mol. The van der Waals surface area contributed by atoms with Crippen molar-refractivity contribution in [1.82, 2.24) is 14.6 Å². The minimum atomic E-state index is -0.556. The Hall–Kier alpha value is -3.16. The normalized spacial score (nSPS) is 11.1. The van der Waals surface area contributed by atoms with Crippen LogP contribution in [0.25, 0.3) is 16.9 Å². The van der Waals surface area contributed by atoms with Crippen LogP contribution < -0.4 is 4.90 Å². The first-order chi connectivity index (χ1) is 15.3. The number of hydrogen-bond donors (Lipinski definition) is 0. The Kier molecular flexibility index (Phi) is 6.04. The number of rotatable bonds is 5. The first-order valence-corrected chi connectivity index (χ1v) is 10.6. The molecule has 0 atom stereocenters. The van der Waals surface area contributed by atoms with Crippen LogP contribution >= 0.6 is 23.2 Å².